The molecule has 2 heterocycles. The van der Waals surface area contributed by atoms with E-state index < -0.39 is 58.1 Å². The van der Waals surface area contributed by atoms with Crippen LogP contribution in [-0.2, 0) is 26.2 Å². The zero-order chi connectivity index (χ0) is 31.5. The van der Waals surface area contributed by atoms with Gasteiger partial charge in [0.15, 0.2) is 0 Å². The van der Waals surface area contributed by atoms with E-state index in [0.717, 1.165) is 18.4 Å². The maximum Gasteiger partial charge on any atom is 0.461 e. The summed E-state index contributed by atoms with van der Waals surface area (Å²) < 4.78 is 82.3. The Balaban J connectivity index is 1.40. The number of alkyl halides is 4. The monoisotopic (exact) mass is 626 g/mol. The van der Waals surface area contributed by atoms with Crippen molar-refractivity contribution in [2.24, 2.45) is 0 Å². The van der Waals surface area contributed by atoms with Crippen LogP contribution in [0.15, 0.2) is 54.1 Å². The lowest BCUT2D eigenvalue weighted by atomic mass is 10.0. The van der Waals surface area contributed by atoms with E-state index in [1.54, 1.807) is 24.3 Å². The minimum Gasteiger partial charge on any atom is -0.428 e. The molecule has 2 aliphatic heterocycles. The number of hydrogen-bond donors (Lipinski definition) is 2. The average molecular weight is 627 g/mol. The number of barbiturate groups is 1. The van der Waals surface area contributed by atoms with Gasteiger partial charge in [0.05, 0.1) is 6.26 Å². The third-order valence-electron chi connectivity index (χ3n) is 6.75. The summed E-state index contributed by atoms with van der Waals surface area (Å²) in [5, 5.41) is 3.94. The number of amides is 5. The molecular formula is C27H26F4N4O7S. The topological polar surface area (TPSA) is 142 Å². The normalized spacial score (nSPS) is 16.8. The fourth-order valence-electron chi connectivity index (χ4n) is 4.62. The Morgan fingerprint density at radius 2 is 1.67 bits per heavy atom. The smallest absolute Gasteiger partial charge is 0.428 e. The van der Waals surface area contributed by atoms with Gasteiger partial charge in [-0.15, -0.1) is 0 Å². The van der Waals surface area contributed by atoms with Gasteiger partial charge in [0.25, 0.3) is 17.7 Å². The van der Waals surface area contributed by atoms with Gasteiger partial charge in [-0.05, 0) is 48.2 Å². The van der Waals surface area contributed by atoms with Gasteiger partial charge >= 0.3 is 18.6 Å². The van der Waals surface area contributed by atoms with Gasteiger partial charge in [-0.1, -0.05) is 30.3 Å². The van der Waals surface area contributed by atoms with Crippen LogP contribution in [0.4, 0.5) is 22.4 Å². The van der Waals surface area contributed by atoms with E-state index in [0.29, 0.717) is 11.1 Å². The van der Waals surface area contributed by atoms with Crippen LogP contribution in [0, 0.1) is 0 Å². The molecule has 43 heavy (non-hydrogen) atoms. The molecule has 230 valence electrons. The molecule has 16 heteroatoms. The molecule has 2 aromatic carbocycles. The van der Waals surface area contributed by atoms with E-state index in [-0.39, 0.29) is 43.6 Å². The van der Waals surface area contributed by atoms with E-state index in [2.05, 4.69) is 4.74 Å². The fourth-order valence-corrected chi connectivity index (χ4v) is 5.76. The molecular weight excluding hydrogens is 600 g/mol. The van der Waals surface area contributed by atoms with Crippen LogP contribution < -0.4 is 15.4 Å². The van der Waals surface area contributed by atoms with Gasteiger partial charge in [-0.25, -0.2) is 13.2 Å². The number of carbonyl (C=O) groups is 4. The van der Waals surface area contributed by atoms with Crippen molar-refractivity contribution in [1.29, 1.82) is 0 Å². The molecule has 2 N–H and O–H groups in total. The number of likely N-dealkylation sites (tertiary alicyclic amines) is 1. The van der Waals surface area contributed by atoms with Crippen LogP contribution in [-0.4, -0.2) is 79.3 Å². The van der Waals surface area contributed by atoms with Gasteiger partial charge in [0.2, 0.25) is 10.0 Å². The first-order valence-electron chi connectivity index (χ1n) is 12.8. The van der Waals surface area contributed by atoms with E-state index in [1.165, 1.54) is 27.4 Å². The van der Waals surface area contributed by atoms with Gasteiger partial charge in [-0.2, -0.15) is 21.9 Å². The Kier molecular flexibility index (Phi) is 9.20. The van der Waals surface area contributed by atoms with Crippen molar-refractivity contribution in [2.45, 2.75) is 38.0 Å². The van der Waals surface area contributed by atoms with Crippen LogP contribution in [0.25, 0.3) is 6.08 Å². The van der Waals surface area contributed by atoms with Crippen molar-refractivity contribution in [1.82, 2.24) is 19.8 Å². The number of hydrogen-bond acceptors (Lipinski definition) is 7. The maximum absolute atomic E-state index is 13.3. The molecule has 11 nitrogen and oxygen atoms in total. The van der Waals surface area contributed by atoms with Gasteiger partial charge in [-0.3, -0.25) is 25.0 Å². The largest absolute Gasteiger partial charge is 0.461 e. The number of piperidine rings is 1. The second kappa shape index (κ2) is 12.5. The molecule has 5 amide bonds. The number of carbonyl (C=O) groups excluding carboxylic acids is 4. The Bertz CT molecular complexity index is 1540. The zero-order valence-corrected chi connectivity index (χ0v) is 23.4. The summed E-state index contributed by atoms with van der Waals surface area (Å²) in [5.74, 6) is -2.85. The molecule has 0 spiro atoms. The standard InChI is InChI=1S/C27H26F4N4O7S/c1-43(40,41)35(15-17-7-5-16(6-8-17)13-21-22(36)32-26(39)33-23(21)37)19-9-11-34(12-10-19)24(38)18-3-2-4-20(14-18)42-27(30,31)25(28)29/h2-8,13-14,19,25H,9-12,15H2,1H3,(H2,32,33,36,37,39). The molecule has 4 rings (SSSR count). The summed E-state index contributed by atoms with van der Waals surface area (Å²) >= 11 is 0. The minimum atomic E-state index is -4.73. The quantitative estimate of drug-likeness (QED) is 0.248. The first kappa shape index (κ1) is 31.6. The summed E-state index contributed by atoms with van der Waals surface area (Å²) in [6, 6.07) is 9.55. The third kappa shape index (κ3) is 7.75. The lowest BCUT2D eigenvalue weighted by molar-refractivity contribution is -0.253. The molecule has 0 aliphatic carbocycles. The number of benzene rings is 2. The van der Waals surface area contributed by atoms with Crippen LogP contribution in [0.2, 0.25) is 0 Å². The van der Waals surface area contributed by atoms with E-state index in [4.69, 9.17) is 0 Å². The molecule has 2 fully saturated rings. The molecule has 0 bridgehead atoms. The SMILES string of the molecule is CS(=O)(=O)N(Cc1ccc(C=C2C(=O)NC(=O)NC2=O)cc1)C1CCN(C(=O)c2cccc(OC(F)(F)C(F)F)c2)CC1. The van der Waals surface area contributed by atoms with Crippen LogP contribution in [0.5, 0.6) is 5.75 Å². The summed E-state index contributed by atoms with van der Waals surface area (Å²) in [5.41, 5.74) is 0.752. The Hall–Kier alpha value is -4.31. The van der Waals surface area contributed by atoms with Crippen molar-refractivity contribution in [3.05, 3.63) is 70.8 Å². The van der Waals surface area contributed by atoms with Crippen LogP contribution in [0.3, 0.4) is 0 Å². The summed E-state index contributed by atoms with van der Waals surface area (Å²) in [6.07, 6.45) is -5.90. The highest BCUT2D eigenvalue weighted by Gasteiger charge is 2.44. The van der Waals surface area contributed by atoms with Crippen LogP contribution in [0.1, 0.15) is 34.3 Å². The molecule has 0 saturated carbocycles. The summed E-state index contributed by atoms with van der Waals surface area (Å²) in [7, 11) is -3.70. The van der Waals surface area contributed by atoms with Crippen molar-refractivity contribution in [2.75, 3.05) is 19.3 Å². The van der Waals surface area contributed by atoms with E-state index in [1.807, 2.05) is 10.6 Å². The Morgan fingerprint density at radius 3 is 2.23 bits per heavy atom. The predicted octanol–water partition coefficient (Wildman–Crippen LogP) is 2.74. The molecule has 0 atom stereocenters. The second-order valence-corrected chi connectivity index (χ2v) is 11.8. The molecule has 2 aromatic rings. The number of rotatable bonds is 9. The number of imide groups is 2. The van der Waals surface area contributed by atoms with Gasteiger partial charge in [0.1, 0.15) is 11.3 Å². The van der Waals surface area contributed by atoms with E-state index >= 15 is 0 Å². The van der Waals surface area contributed by atoms with E-state index in [9.17, 15) is 45.2 Å². The molecule has 2 saturated heterocycles. The summed E-state index contributed by atoms with van der Waals surface area (Å²) in [4.78, 5) is 49.5. The molecule has 0 unspecified atom stereocenters. The highest BCUT2D eigenvalue weighted by Crippen LogP contribution is 2.29. The summed E-state index contributed by atoms with van der Waals surface area (Å²) in [6.45, 7) is 0.293. The van der Waals surface area contributed by atoms with Crippen LogP contribution >= 0.6 is 0 Å². The Labute approximate surface area is 243 Å². The number of halogens is 4. The Morgan fingerprint density at radius 1 is 1.07 bits per heavy atom. The lowest BCUT2D eigenvalue weighted by Crippen LogP contribution is -2.51. The second-order valence-electron chi connectivity index (χ2n) is 9.86. The molecule has 0 aromatic heterocycles. The first-order valence-corrected chi connectivity index (χ1v) is 14.7. The predicted molar refractivity (Wildman–Crippen MR) is 143 cm³/mol. The highest BCUT2D eigenvalue weighted by molar-refractivity contribution is 7.88. The maximum atomic E-state index is 13.3. The minimum absolute atomic E-state index is 0.00149. The number of urea groups is 1. The lowest BCUT2D eigenvalue weighted by Gasteiger charge is -2.37. The number of sulfonamides is 1. The zero-order valence-electron chi connectivity index (χ0n) is 22.6. The fraction of sp³-hybridized carbons (Fsp3) is 0.333. The molecule has 0 radical (unpaired) electrons. The average Bonchev–Trinajstić information content (AvgIpc) is 2.93. The number of ether oxygens (including phenoxy) is 1. The van der Waals surface area contributed by atoms with Crippen molar-refractivity contribution < 1.29 is 49.9 Å². The number of nitrogens with zero attached hydrogens (tertiary/aromatic N) is 2. The van der Waals surface area contributed by atoms with Gasteiger partial charge < -0.3 is 9.64 Å². The van der Waals surface area contributed by atoms with Crippen molar-refractivity contribution >= 4 is 39.9 Å². The number of nitrogens with one attached hydrogen (secondary N) is 2. The third-order valence-corrected chi connectivity index (χ3v) is 8.03. The molecule has 2 aliphatic rings. The highest BCUT2D eigenvalue weighted by atomic mass is 32.2. The first-order chi connectivity index (χ1) is 20.1. The van der Waals surface area contributed by atoms with Gasteiger partial charge in [0, 0.05) is 31.2 Å². The van der Waals surface area contributed by atoms with Crippen molar-refractivity contribution in [3.63, 3.8) is 0 Å². The van der Waals surface area contributed by atoms with Crippen molar-refractivity contribution in [3.8, 4) is 5.75 Å².